The van der Waals surface area contributed by atoms with Crippen LogP contribution in [0.15, 0.2) is 121 Å². The van der Waals surface area contributed by atoms with Crippen molar-refractivity contribution in [1.82, 2.24) is 39.9 Å². The van der Waals surface area contributed by atoms with Gasteiger partial charge in [-0.2, -0.15) is 0 Å². The standard InChI is InChI=1S/C104H120N8O8/c1-5-9-13-17-21-25-29-33-37-49-69-73-61-75-70(50-38-34-30-26-22-18-14-10-6-2)77-63-79-72(52-40-36-32-28-24-20-16-12-8-4)80-64-78-71(51-39-35-31-27-23-19-15-11-7-3)76-62-74(69)90-65-89(73)113-97-99(107-83-55-43-41-53-81(83)105-97)115-91(75)66-93(77)117-101-103(111-87-59-47-45-57-85(87)109-101)119-95(79)68-96(80)120-104-102(110-86-58-46-48-60-88(86)112-104)118-94(78)67-92(76)116-100-98(114-90)106-82-54-42-44-56-84(82)108-100/h41-48,53-60,65-68H,5-40,49-52,61-64H2,1-4H3. The molecule has 0 saturated carbocycles. The molecule has 120 heavy (non-hydrogen) atoms. The van der Waals surface area contributed by atoms with Crippen LogP contribution in [0.1, 0.15) is 326 Å². The zero-order valence-electron chi connectivity index (χ0n) is 71.5. The summed E-state index contributed by atoms with van der Waals surface area (Å²) in [7, 11) is 0. The molecule has 0 radical (unpaired) electrons. The first-order valence-corrected chi connectivity index (χ1v) is 46.5. The van der Waals surface area contributed by atoms with Gasteiger partial charge in [-0.1, -0.05) is 282 Å². The summed E-state index contributed by atoms with van der Waals surface area (Å²) >= 11 is 0. The van der Waals surface area contributed by atoms with E-state index >= 15 is 0 Å². The van der Waals surface area contributed by atoms with Crippen LogP contribution in [-0.2, 0) is 51.4 Å². The van der Waals surface area contributed by atoms with Gasteiger partial charge < -0.3 is 37.9 Å². The van der Waals surface area contributed by atoms with Crippen LogP contribution in [0.3, 0.4) is 0 Å². The summed E-state index contributed by atoms with van der Waals surface area (Å²) in [5, 5.41) is 0. The number of aromatic nitrogens is 8. The Morgan fingerprint density at radius 1 is 0.183 bits per heavy atom. The Bertz CT molecular complexity index is 4650. The minimum Gasteiger partial charge on any atom is -0.434 e. The monoisotopic (exact) mass is 1610 g/mol. The zero-order chi connectivity index (χ0) is 81.4. The van der Waals surface area contributed by atoms with E-state index in [-0.39, 0.29) is 47.0 Å². The van der Waals surface area contributed by atoms with E-state index in [1.165, 1.54) is 154 Å². The van der Waals surface area contributed by atoms with Gasteiger partial charge in [0.2, 0.25) is 0 Å². The Labute approximate surface area is 709 Å². The van der Waals surface area contributed by atoms with Crippen molar-refractivity contribution in [3.63, 3.8) is 0 Å². The van der Waals surface area contributed by atoms with E-state index < -0.39 is 0 Å². The highest BCUT2D eigenvalue weighted by Crippen LogP contribution is 2.56. The maximum atomic E-state index is 7.67. The number of hydrogen-bond donors (Lipinski definition) is 0. The molecule has 5 aliphatic rings. The lowest BCUT2D eigenvalue weighted by molar-refractivity contribution is 0.376. The Morgan fingerprint density at radius 3 is 0.458 bits per heavy atom. The van der Waals surface area contributed by atoms with E-state index in [1.807, 2.05) is 97.1 Å². The maximum Gasteiger partial charge on any atom is 0.284 e. The van der Waals surface area contributed by atoms with Crippen LogP contribution in [-0.4, -0.2) is 39.9 Å². The molecule has 8 aromatic carbocycles. The molecule has 16 nitrogen and oxygen atoms in total. The van der Waals surface area contributed by atoms with Crippen molar-refractivity contribution >= 4 is 44.1 Å². The molecule has 624 valence electrons. The highest BCUT2D eigenvalue weighted by Gasteiger charge is 2.38. The van der Waals surface area contributed by atoms with E-state index in [0.717, 1.165) is 169 Å². The van der Waals surface area contributed by atoms with Crippen LogP contribution < -0.4 is 37.9 Å². The van der Waals surface area contributed by atoms with E-state index in [0.29, 0.717) is 116 Å². The van der Waals surface area contributed by atoms with Crippen LogP contribution >= 0.6 is 0 Å². The van der Waals surface area contributed by atoms with E-state index in [2.05, 4.69) is 52.0 Å². The molecule has 0 saturated heterocycles. The van der Waals surface area contributed by atoms with Crippen LogP contribution in [0.25, 0.3) is 44.1 Å². The highest BCUT2D eigenvalue weighted by molar-refractivity contribution is 5.80. The zero-order valence-corrected chi connectivity index (χ0v) is 71.5. The molecule has 4 aliphatic heterocycles. The molecule has 0 fully saturated rings. The van der Waals surface area contributed by atoms with E-state index in [9.17, 15) is 0 Å². The van der Waals surface area contributed by atoms with Crippen molar-refractivity contribution in [3.8, 4) is 93.0 Å². The fourth-order valence-electron chi connectivity index (χ4n) is 19.0. The molecule has 0 unspecified atom stereocenters. The Kier molecular flexibility index (Phi) is 27.2. The minimum absolute atomic E-state index is 0.230. The van der Waals surface area contributed by atoms with Crippen LogP contribution in [0.2, 0.25) is 0 Å². The Balaban J connectivity index is 0.972. The number of para-hydroxylation sites is 8. The highest BCUT2D eigenvalue weighted by atomic mass is 16.6. The Hall–Kier alpha value is -10.5. The molecule has 0 spiro atoms. The number of benzene rings is 8. The second-order valence-corrected chi connectivity index (χ2v) is 34.4. The molecule has 4 aromatic heterocycles. The number of fused-ring (bicyclic) bond motifs is 8. The van der Waals surface area contributed by atoms with Gasteiger partial charge in [-0.15, -0.1) is 0 Å². The minimum atomic E-state index is 0.230. The van der Waals surface area contributed by atoms with Gasteiger partial charge in [0.25, 0.3) is 47.0 Å². The topological polar surface area (TPSA) is 177 Å². The largest absolute Gasteiger partial charge is 0.434 e. The van der Waals surface area contributed by atoms with Crippen molar-refractivity contribution in [2.24, 2.45) is 0 Å². The SMILES string of the molecule is CCCCCCCCCCCc1c2c3cc4c1Cc1c(cc5c(c1CCCCCCCCCCC)Cc1c(cc6c(c1CCCCCCCCCCC)Cc1c(cc(c(c1CCCCCCCCCCC)C2)Oc1nc2ccccc2nc1O3)Oc1nc2ccccc2nc1O6)Oc1nc2ccccc2nc1O5)Oc1nc2ccccc2nc1O4. The quantitative estimate of drug-likeness (QED) is 0.0331. The van der Waals surface area contributed by atoms with Crippen molar-refractivity contribution in [3.05, 3.63) is 188 Å². The summed E-state index contributed by atoms with van der Waals surface area (Å²) in [6.07, 6.45) is 46.8. The fourth-order valence-corrected chi connectivity index (χ4v) is 19.0. The average Bonchev–Trinajstić information content (AvgIpc) is 1.50. The molecule has 16 heteroatoms. The van der Waals surface area contributed by atoms with E-state index in [1.54, 1.807) is 0 Å². The summed E-state index contributed by atoms with van der Waals surface area (Å²) in [5.41, 5.74) is 18.3. The van der Waals surface area contributed by atoms with Gasteiger partial charge in [-0.3, -0.25) is 0 Å². The number of unbranched alkanes of at least 4 members (excludes halogenated alkanes) is 32. The van der Waals surface area contributed by atoms with Crippen molar-refractivity contribution in [2.75, 3.05) is 0 Å². The Morgan fingerprint density at radius 2 is 0.317 bits per heavy atom. The summed E-state index contributed by atoms with van der Waals surface area (Å²) in [5.74, 6) is 6.68. The van der Waals surface area contributed by atoms with E-state index in [4.69, 9.17) is 77.8 Å². The normalized spacial score (nSPS) is 13.2. The summed E-state index contributed by atoms with van der Waals surface area (Å²) in [4.78, 5) is 43.3. The van der Waals surface area contributed by atoms with Gasteiger partial charge in [0, 0.05) is 94.5 Å². The molecular weight excluding hydrogens is 1490 g/mol. The number of rotatable bonds is 40. The lowest BCUT2D eigenvalue weighted by Crippen LogP contribution is -2.14. The van der Waals surface area contributed by atoms with Gasteiger partial charge in [-0.25, -0.2) is 39.9 Å². The van der Waals surface area contributed by atoms with Crippen molar-refractivity contribution in [1.29, 1.82) is 0 Å². The van der Waals surface area contributed by atoms with Crippen LogP contribution in [0.4, 0.5) is 0 Å². The second kappa shape index (κ2) is 39.8. The average molecular weight is 1610 g/mol. The molecule has 0 atom stereocenters. The smallest absolute Gasteiger partial charge is 0.284 e. The molecule has 8 heterocycles. The van der Waals surface area contributed by atoms with Gasteiger partial charge in [0.15, 0.2) is 0 Å². The number of ether oxygens (including phenoxy) is 8. The molecular formula is C104H120N8O8. The molecule has 12 aromatic rings. The summed E-state index contributed by atoms with van der Waals surface area (Å²) in [6.45, 7) is 9.19. The predicted octanol–water partition coefficient (Wildman–Crippen LogP) is 30.0. The van der Waals surface area contributed by atoms with Gasteiger partial charge in [0.05, 0.1) is 44.1 Å². The van der Waals surface area contributed by atoms with Gasteiger partial charge >= 0.3 is 0 Å². The lowest BCUT2D eigenvalue weighted by Gasteiger charge is -2.27. The van der Waals surface area contributed by atoms with Crippen LogP contribution in [0, 0.1) is 0 Å². The second-order valence-electron chi connectivity index (χ2n) is 34.4. The van der Waals surface area contributed by atoms with Crippen LogP contribution in [0.5, 0.6) is 93.0 Å². The maximum absolute atomic E-state index is 7.67. The first-order valence-electron chi connectivity index (χ1n) is 46.5. The first-order chi connectivity index (χ1) is 59.3. The molecule has 0 N–H and O–H groups in total. The third kappa shape index (κ3) is 19.0. The summed E-state index contributed by atoms with van der Waals surface area (Å²) in [6, 6.07) is 40.3. The molecule has 17 rings (SSSR count). The number of hydrogen-bond acceptors (Lipinski definition) is 16. The fraction of sp³-hybridized carbons (Fsp3) is 0.462. The molecule has 0 amide bonds. The third-order valence-electron chi connectivity index (χ3n) is 25.6. The molecule has 1 aliphatic carbocycles. The van der Waals surface area contributed by atoms with Gasteiger partial charge in [0.1, 0.15) is 46.0 Å². The lowest BCUT2D eigenvalue weighted by atomic mass is 9.80. The third-order valence-corrected chi connectivity index (χ3v) is 25.6. The van der Waals surface area contributed by atoms with Crippen molar-refractivity contribution < 1.29 is 37.9 Å². The van der Waals surface area contributed by atoms with Gasteiger partial charge in [-0.05, 0) is 122 Å². The molecule has 8 bridgehead atoms. The van der Waals surface area contributed by atoms with Crippen molar-refractivity contribution in [2.45, 2.75) is 310 Å². The first kappa shape index (κ1) is 81.9. The predicted molar refractivity (Wildman–Crippen MR) is 479 cm³/mol. The number of nitrogens with zero attached hydrogens (tertiary/aromatic N) is 8. The summed E-state index contributed by atoms with van der Waals surface area (Å²) < 4.78 is 61.4.